The molecule has 1 aliphatic heterocycles. The predicted molar refractivity (Wildman–Crippen MR) is 133 cm³/mol. The summed E-state index contributed by atoms with van der Waals surface area (Å²) in [5.74, 6) is -0.227. The van der Waals surface area contributed by atoms with Gasteiger partial charge in [-0.25, -0.2) is 4.98 Å². The molecule has 4 rings (SSSR count). The number of hydrogen-bond acceptors (Lipinski definition) is 5. The van der Waals surface area contributed by atoms with Gasteiger partial charge < -0.3 is 19.9 Å². The number of ether oxygens (including phenoxy) is 1. The molecule has 2 aliphatic rings. The Bertz CT molecular complexity index is 1070. The van der Waals surface area contributed by atoms with Gasteiger partial charge in [0.1, 0.15) is 6.07 Å². The molecule has 1 fully saturated rings. The zero-order chi connectivity index (χ0) is 24.0. The third-order valence-corrected chi connectivity index (χ3v) is 6.79. The number of benzene rings is 1. The van der Waals surface area contributed by atoms with E-state index >= 15 is 0 Å². The third-order valence-electron chi connectivity index (χ3n) is 6.79. The van der Waals surface area contributed by atoms with Crippen LogP contribution >= 0.6 is 0 Å². The Kier molecular flexibility index (Phi) is 7.81. The lowest BCUT2D eigenvalue weighted by Crippen LogP contribution is -2.26. The van der Waals surface area contributed by atoms with Crippen LogP contribution in [-0.2, 0) is 10.3 Å². The van der Waals surface area contributed by atoms with Crippen molar-refractivity contribution in [1.82, 2.24) is 14.9 Å². The highest BCUT2D eigenvalue weighted by atomic mass is 16.5. The number of amides is 1. The molecule has 1 saturated heterocycles. The van der Waals surface area contributed by atoms with Gasteiger partial charge in [0.15, 0.2) is 11.5 Å². The molecule has 0 atom stereocenters. The smallest absolute Gasteiger partial charge is 0.291 e. The highest BCUT2D eigenvalue weighted by Gasteiger charge is 2.24. The highest BCUT2D eigenvalue weighted by molar-refractivity contribution is 6.03. The second-order valence-electron chi connectivity index (χ2n) is 9.70. The molecule has 2 aromatic rings. The van der Waals surface area contributed by atoms with Crippen LogP contribution in [0.4, 0.5) is 5.69 Å². The lowest BCUT2D eigenvalue weighted by Gasteiger charge is -2.28. The van der Waals surface area contributed by atoms with E-state index in [0.717, 1.165) is 55.6 Å². The molecule has 1 aliphatic carbocycles. The van der Waals surface area contributed by atoms with Gasteiger partial charge in [0.25, 0.3) is 5.91 Å². The Balaban J connectivity index is 1.50. The molecule has 1 amide bonds. The first-order valence-electron chi connectivity index (χ1n) is 12.4. The van der Waals surface area contributed by atoms with Crippen molar-refractivity contribution in [2.24, 2.45) is 0 Å². The van der Waals surface area contributed by atoms with Crippen LogP contribution in [0.1, 0.15) is 86.2 Å². The normalized spacial score (nSPS) is 16.8. The molecule has 2 heterocycles. The molecular formula is C27H35N5O2. The van der Waals surface area contributed by atoms with Gasteiger partial charge in [-0.3, -0.25) is 4.79 Å². The number of aromatic amines is 1. The summed E-state index contributed by atoms with van der Waals surface area (Å²) in [6.45, 7) is 8.47. The largest absolute Gasteiger partial charge is 0.371 e. The summed E-state index contributed by atoms with van der Waals surface area (Å²) in [6, 6.07) is 8.10. The second-order valence-corrected chi connectivity index (χ2v) is 9.70. The number of nitrogens with one attached hydrogen (secondary N) is 2. The number of hydrogen-bond donors (Lipinski definition) is 2. The van der Waals surface area contributed by atoms with E-state index in [1.54, 1.807) is 0 Å². The van der Waals surface area contributed by atoms with Crippen LogP contribution in [-0.4, -0.2) is 47.0 Å². The molecule has 0 bridgehead atoms. The van der Waals surface area contributed by atoms with E-state index in [-0.39, 0.29) is 17.4 Å². The summed E-state index contributed by atoms with van der Waals surface area (Å²) in [6.07, 6.45) is 11.7. The summed E-state index contributed by atoms with van der Waals surface area (Å²) in [4.78, 5) is 22.1. The van der Waals surface area contributed by atoms with Crippen LogP contribution in [0.3, 0.4) is 0 Å². The molecule has 34 heavy (non-hydrogen) atoms. The fourth-order valence-corrected chi connectivity index (χ4v) is 4.76. The Morgan fingerprint density at radius 1 is 1.26 bits per heavy atom. The Hall–Kier alpha value is -2.95. The minimum atomic E-state index is -0.430. The highest BCUT2D eigenvalue weighted by Crippen LogP contribution is 2.36. The molecule has 1 aromatic heterocycles. The van der Waals surface area contributed by atoms with Crippen LogP contribution in [0.2, 0.25) is 0 Å². The summed E-state index contributed by atoms with van der Waals surface area (Å²) in [5, 5.41) is 12.0. The van der Waals surface area contributed by atoms with Crippen LogP contribution in [0.15, 0.2) is 30.5 Å². The number of carbonyl (C=O) groups excluding carboxylic acids is 1. The standard InChI is InChI=1S/C27H35N5O2/c1-27(2,34-16-8-15-32-13-6-7-14-32)21-11-12-24(23(17-21)20-9-4-3-5-10-20)31-26(33)25-29-19-22(18-28)30-25/h9,11-12,17,19H,3-8,10,13-16H2,1-2H3,(H,29,30)(H,31,33). The van der Waals surface area contributed by atoms with E-state index in [1.807, 2.05) is 18.2 Å². The zero-order valence-electron chi connectivity index (χ0n) is 20.3. The number of nitrogens with zero attached hydrogens (tertiary/aromatic N) is 3. The van der Waals surface area contributed by atoms with Gasteiger partial charge in [0.05, 0.1) is 5.60 Å². The number of imidazole rings is 1. The monoisotopic (exact) mass is 461 g/mol. The average Bonchev–Trinajstić information content (AvgIpc) is 3.55. The Labute approximate surface area is 202 Å². The maximum atomic E-state index is 12.8. The molecule has 180 valence electrons. The van der Waals surface area contributed by atoms with Crippen molar-refractivity contribution in [1.29, 1.82) is 5.26 Å². The average molecular weight is 462 g/mol. The van der Waals surface area contributed by atoms with Crippen molar-refractivity contribution in [3.8, 4) is 6.07 Å². The molecule has 2 N–H and O–H groups in total. The quantitative estimate of drug-likeness (QED) is 0.499. The van der Waals surface area contributed by atoms with Crippen molar-refractivity contribution in [2.75, 3.05) is 31.6 Å². The third kappa shape index (κ3) is 5.94. The van der Waals surface area contributed by atoms with E-state index in [9.17, 15) is 4.79 Å². The topological polar surface area (TPSA) is 94.0 Å². The second kappa shape index (κ2) is 11.0. The molecular weight excluding hydrogens is 426 g/mol. The van der Waals surface area contributed by atoms with Crippen molar-refractivity contribution in [3.63, 3.8) is 0 Å². The van der Waals surface area contributed by atoms with Gasteiger partial charge in [-0.15, -0.1) is 0 Å². The SMILES string of the molecule is CC(C)(OCCCN1CCCC1)c1ccc(NC(=O)c2nc(C#N)c[nH]2)c(C2=CCCCC2)c1. The van der Waals surface area contributed by atoms with Gasteiger partial charge in [-0.1, -0.05) is 12.1 Å². The number of aromatic nitrogens is 2. The molecule has 0 unspecified atom stereocenters. The number of carbonyl (C=O) groups is 1. The minimum absolute atomic E-state index is 0.130. The van der Waals surface area contributed by atoms with Crippen LogP contribution in [0, 0.1) is 11.3 Å². The Morgan fingerprint density at radius 2 is 2.09 bits per heavy atom. The summed E-state index contributed by atoms with van der Waals surface area (Å²) >= 11 is 0. The molecule has 0 spiro atoms. The van der Waals surface area contributed by atoms with E-state index in [2.05, 4.69) is 46.2 Å². The van der Waals surface area contributed by atoms with Crippen molar-refractivity contribution < 1.29 is 9.53 Å². The van der Waals surface area contributed by atoms with Gasteiger partial charge in [0.2, 0.25) is 0 Å². The van der Waals surface area contributed by atoms with E-state index in [1.165, 1.54) is 44.1 Å². The number of anilines is 1. The predicted octanol–water partition coefficient (Wildman–Crippen LogP) is 5.23. The van der Waals surface area contributed by atoms with Gasteiger partial charge >= 0.3 is 0 Å². The number of likely N-dealkylation sites (tertiary alicyclic amines) is 1. The van der Waals surface area contributed by atoms with E-state index in [0.29, 0.717) is 0 Å². The first-order valence-corrected chi connectivity index (χ1v) is 12.4. The first-order chi connectivity index (χ1) is 16.5. The molecule has 1 aromatic carbocycles. The maximum Gasteiger partial charge on any atom is 0.291 e. The molecule has 7 nitrogen and oxygen atoms in total. The van der Waals surface area contributed by atoms with Gasteiger partial charge in [-0.2, -0.15) is 5.26 Å². The number of rotatable bonds is 9. The van der Waals surface area contributed by atoms with E-state index < -0.39 is 5.60 Å². The van der Waals surface area contributed by atoms with Crippen molar-refractivity contribution in [2.45, 2.75) is 64.4 Å². The Morgan fingerprint density at radius 3 is 2.79 bits per heavy atom. The summed E-state index contributed by atoms with van der Waals surface area (Å²) < 4.78 is 6.34. The summed E-state index contributed by atoms with van der Waals surface area (Å²) in [7, 11) is 0. The van der Waals surface area contributed by atoms with Crippen LogP contribution in [0.25, 0.3) is 5.57 Å². The lowest BCUT2D eigenvalue weighted by atomic mass is 9.88. The number of nitriles is 1. The first kappa shape index (κ1) is 24.2. The fourth-order valence-electron chi connectivity index (χ4n) is 4.76. The van der Waals surface area contributed by atoms with Gasteiger partial charge in [0, 0.05) is 30.6 Å². The van der Waals surface area contributed by atoms with Gasteiger partial charge in [-0.05, 0) is 95.2 Å². The number of H-pyrrole nitrogens is 1. The zero-order valence-corrected chi connectivity index (χ0v) is 20.3. The molecule has 7 heteroatoms. The fraction of sp³-hybridized carbons (Fsp3) is 0.519. The van der Waals surface area contributed by atoms with Crippen LogP contribution < -0.4 is 5.32 Å². The van der Waals surface area contributed by atoms with Crippen molar-refractivity contribution >= 4 is 17.2 Å². The minimum Gasteiger partial charge on any atom is -0.371 e. The molecule has 0 radical (unpaired) electrons. The van der Waals surface area contributed by atoms with Crippen molar-refractivity contribution in [3.05, 3.63) is 53.1 Å². The molecule has 0 saturated carbocycles. The maximum absolute atomic E-state index is 12.8. The number of allylic oxidation sites excluding steroid dienone is 2. The van der Waals surface area contributed by atoms with Crippen LogP contribution in [0.5, 0.6) is 0 Å². The lowest BCUT2D eigenvalue weighted by molar-refractivity contribution is -0.0247. The summed E-state index contributed by atoms with van der Waals surface area (Å²) in [5.41, 5.74) is 3.90. The van der Waals surface area contributed by atoms with E-state index in [4.69, 9.17) is 10.00 Å².